The van der Waals surface area contributed by atoms with Crippen LogP contribution in [0.4, 0.5) is 15.9 Å². The van der Waals surface area contributed by atoms with E-state index in [1.165, 1.54) is 27.6 Å². The van der Waals surface area contributed by atoms with Crippen LogP contribution in [0.3, 0.4) is 0 Å². The summed E-state index contributed by atoms with van der Waals surface area (Å²) in [5, 5.41) is 10.6. The van der Waals surface area contributed by atoms with Crippen LogP contribution in [0.5, 0.6) is 0 Å². The number of aromatic nitrogens is 1. The Labute approximate surface area is 206 Å². The van der Waals surface area contributed by atoms with Gasteiger partial charge in [0.2, 0.25) is 0 Å². The molecule has 0 saturated heterocycles. The van der Waals surface area contributed by atoms with E-state index in [0.29, 0.717) is 5.57 Å². The van der Waals surface area contributed by atoms with Gasteiger partial charge in [0.25, 0.3) is 0 Å². The Morgan fingerprint density at radius 3 is 2.31 bits per heavy atom. The average molecular weight is 608 g/mol. The molecule has 0 saturated carbocycles. The summed E-state index contributed by atoms with van der Waals surface area (Å²) in [5.41, 5.74) is 4.21. The molecule has 32 heavy (non-hydrogen) atoms. The quantitative estimate of drug-likeness (QED) is 0.213. The summed E-state index contributed by atoms with van der Waals surface area (Å²) >= 11 is 1.30. The van der Waals surface area contributed by atoms with Crippen molar-refractivity contribution in [2.45, 2.75) is 0 Å². The second kappa shape index (κ2) is 8.38. The fraction of sp³-hybridized carbons (Fsp3) is 0. The monoisotopic (exact) mass is 611 g/mol. The van der Waals surface area contributed by atoms with Crippen molar-refractivity contribution in [1.82, 2.24) is 4.98 Å². The van der Waals surface area contributed by atoms with E-state index >= 15 is 0 Å². The summed E-state index contributed by atoms with van der Waals surface area (Å²) in [6.07, 6.45) is 2.02. The van der Waals surface area contributed by atoms with E-state index in [-0.39, 0.29) is 35.4 Å². The van der Waals surface area contributed by atoms with Gasteiger partial charge in [0.1, 0.15) is 0 Å². The first-order chi connectivity index (χ1) is 15.8. The minimum absolute atomic E-state index is 0.108. The van der Waals surface area contributed by atoms with E-state index in [9.17, 15) is 5.26 Å². The van der Waals surface area contributed by atoms with E-state index in [4.69, 9.17) is 0 Å². The number of nitriles is 1. The first-order valence-electron chi connectivity index (χ1n) is 10.0. The summed E-state index contributed by atoms with van der Waals surface area (Å²) in [5.74, 6) is 0. The molecule has 152 valence electrons. The van der Waals surface area contributed by atoms with Crippen molar-refractivity contribution in [3.8, 4) is 6.07 Å². The van der Waals surface area contributed by atoms with Crippen LogP contribution in [0, 0.1) is 11.3 Å². The van der Waals surface area contributed by atoms with Crippen LogP contribution >= 0.6 is 11.3 Å². The number of anilines is 3. The molecule has 3 heterocycles. The first-order valence-corrected chi connectivity index (χ1v) is 14.9. The van der Waals surface area contributed by atoms with Crippen LogP contribution in [0.25, 0.3) is 21.9 Å². The van der Waals surface area contributed by atoms with Crippen molar-refractivity contribution in [2.75, 3.05) is 4.90 Å². The summed E-state index contributed by atoms with van der Waals surface area (Å²) in [4.78, 5) is 7.11. The predicted octanol–water partition coefficient (Wildman–Crippen LogP) is 4.86. The van der Waals surface area contributed by atoms with Crippen molar-refractivity contribution < 1.29 is 0 Å². The first kappa shape index (κ1) is 20.0. The molecule has 0 fully saturated rings. The van der Waals surface area contributed by atoms with Crippen LogP contribution in [-0.4, -0.2) is 40.4 Å². The van der Waals surface area contributed by atoms with Gasteiger partial charge in [0.15, 0.2) is 0 Å². The van der Waals surface area contributed by atoms with Crippen LogP contribution in [0.1, 0.15) is 9.44 Å². The number of para-hydroxylation sites is 3. The van der Waals surface area contributed by atoms with E-state index in [1.54, 1.807) is 11.3 Å². The summed E-state index contributed by atoms with van der Waals surface area (Å²) in [6.45, 7) is 0. The molecular weight excluding hydrogens is 593 g/mol. The second-order valence-electron chi connectivity index (χ2n) is 7.21. The van der Waals surface area contributed by atoms with Gasteiger partial charge in [-0.2, -0.15) is 0 Å². The molecule has 1 aliphatic heterocycles. The molecule has 0 unspecified atom stereocenters. The van der Waals surface area contributed by atoms with Gasteiger partial charge in [-0.05, 0) is 0 Å². The standard InChI is InChI=1S/C26H15N3SSeTe/c27-16-17(26-28-19-7-1-4-10-22(19)30-26)15-18-13-14-25(31-18)29-20-8-2-5-11-23(20)32-24-12-6-3-9-21(24)29/h1-15H/b17-15+. The Kier molecular flexibility index (Phi) is 5.24. The maximum absolute atomic E-state index is 9.84. The number of rotatable bonds is 3. The van der Waals surface area contributed by atoms with E-state index in [0.717, 1.165) is 15.2 Å². The van der Waals surface area contributed by atoms with Crippen molar-refractivity contribution in [1.29, 1.82) is 5.26 Å². The van der Waals surface area contributed by atoms with Crippen molar-refractivity contribution in [3.05, 3.63) is 94.4 Å². The molecular formula is C26H15N3SSeTe. The normalized spacial score (nSPS) is 13.0. The molecule has 0 radical (unpaired) electrons. The van der Waals surface area contributed by atoms with Gasteiger partial charge >= 0.3 is 207 Å². The topological polar surface area (TPSA) is 39.9 Å². The third-order valence-corrected chi connectivity index (χ3v) is 11.6. The summed E-state index contributed by atoms with van der Waals surface area (Å²) in [6, 6.07) is 32.4. The number of hydrogen-bond donors (Lipinski definition) is 0. The van der Waals surface area contributed by atoms with E-state index < -0.39 is 0 Å². The molecule has 6 heteroatoms. The number of thiazole rings is 1. The maximum atomic E-state index is 9.84. The van der Waals surface area contributed by atoms with Crippen molar-refractivity contribution in [3.63, 3.8) is 0 Å². The minimum atomic E-state index is -0.385. The third-order valence-electron chi connectivity index (χ3n) is 5.20. The molecule has 0 N–H and O–H groups in total. The summed E-state index contributed by atoms with van der Waals surface area (Å²) in [7, 11) is 0. The number of benzene rings is 3. The predicted molar refractivity (Wildman–Crippen MR) is 136 cm³/mol. The van der Waals surface area contributed by atoms with Crippen LogP contribution in [0.2, 0.25) is 0 Å². The van der Waals surface area contributed by atoms with Gasteiger partial charge in [-0.1, -0.05) is 0 Å². The number of allylic oxidation sites excluding steroid dienone is 1. The number of nitrogens with zero attached hydrogens (tertiary/aromatic N) is 3. The summed E-state index contributed by atoms with van der Waals surface area (Å²) < 4.78 is 6.56. The zero-order chi connectivity index (χ0) is 21.5. The molecule has 3 nitrogen and oxygen atoms in total. The Balaban J connectivity index is 1.42. The molecule has 0 bridgehead atoms. The van der Waals surface area contributed by atoms with Gasteiger partial charge in [0.05, 0.1) is 0 Å². The van der Waals surface area contributed by atoms with Crippen molar-refractivity contribution >= 4 is 91.8 Å². The van der Waals surface area contributed by atoms with Gasteiger partial charge in [0, 0.05) is 0 Å². The number of hydrogen-bond acceptors (Lipinski definition) is 4. The molecule has 1 aliphatic rings. The van der Waals surface area contributed by atoms with Gasteiger partial charge in [-0.15, -0.1) is 0 Å². The second-order valence-corrected chi connectivity index (χ2v) is 13.6. The fourth-order valence-corrected chi connectivity index (χ4v) is 9.76. The molecule has 0 amide bonds. The molecule has 5 aromatic rings. The van der Waals surface area contributed by atoms with Crippen LogP contribution in [-0.2, 0) is 0 Å². The molecule has 6 rings (SSSR count). The Morgan fingerprint density at radius 2 is 1.59 bits per heavy atom. The average Bonchev–Trinajstić information content (AvgIpc) is 3.47. The fourth-order valence-electron chi connectivity index (χ4n) is 3.75. The van der Waals surface area contributed by atoms with Crippen LogP contribution in [0.15, 0.2) is 84.9 Å². The van der Waals surface area contributed by atoms with E-state index in [2.05, 4.69) is 82.7 Å². The molecule has 0 aliphatic carbocycles. The molecule has 0 atom stereocenters. The molecule has 3 aromatic carbocycles. The Hall–Kier alpha value is -2.63. The third kappa shape index (κ3) is 3.54. The van der Waals surface area contributed by atoms with Gasteiger partial charge in [-0.25, -0.2) is 0 Å². The van der Waals surface area contributed by atoms with Gasteiger partial charge in [-0.3, -0.25) is 0 Å². The number of fused-ring (bicyclic) bond motifs is 3. The van der Waals surface area contributed by atoms with Crippen molar-refractivity contribution in [2.24, 2.45) is 0 Å². The zero-order valence-corrected chi connectivity index (χ0v) is 21.6. The SMILES string of the molecule is N#C/C(=C\c1ccc(N2c3ccccc3[Te]c3ccccc32)[se]1)c1nc2ccccc2s1. The Morgan fingerprint density at radius 1 is 0.906 bits per heavy atom. The Bertz CT molecular complexity index is 1460. The molecule has 0 spiro atoms. The van der Waals surface area contributed by atoms with Crippen LogP contribution < -0.4 is 12.1 Å². The zero-order valence-electron chi connectivity index (χ0n) is 16.7. The van der Waals surface area contributed by atoms with Gasteiger partial charge < -0.3 is 0 Å². The van der Waals surface area contributed by atoms with E-state index in [1.807, 2.05) is 24.3 Å². The molecule has 2 aromatic heterocycles.